The van der Waals surface area contributed by atoms with Crippen molar-refractivity contribution in [2.45, 2.75) is 0 Å². The lowest BCUT2D eigenvalue weighted by Crippen LogP contribution is -2.00. The fourth-order valence-electron chi connectivity index (χ4n) is 4.10. The Kier molecular flexibility index (Phi) is 6.07. The third kappa shape index (κ3) is 4.35. The monoisotopic (exact) mass is 478 g/mol. The third-order valence-electron chi connectivity index (χ3n) is 5.65. The molecule has 0 spiro atoms. The van der Waals surface area contributed by atoms with Crippen molar-refractivity contribution in [2.24, 2.45) is 0 Å². The number of hydrogen-bond acceptors (Lipinski definition) is 6. The van der Waals surface area contributed by atoms with E-state index in [1.807, 2.05) is 78.9 Å². The van der Waals surface area contributed by atoms with Gasteiger partial charge in [-0.15, -0.1) is 0 Å². The number of fused-ring (bicyclic) bond motifs is 1. The van der Waals surface area contributed by atoms with Gasteiger partial charge in [0.15, 0.2) is 5.82 Å². The number of carboxylic acid groups (broad SMARTS) is 1. The molecular formula is C28H22N4O4. The van der Waals surface area contributed by atoms with E-state index in [0.29, 0.717) is 33.8 Å². The van der Waals surface area contributed by atoms with Crippen LogP contribution in [0.2, 0.25) is 0 Å². The minimum atomic E-state index is -1.07. The van der Waals surface area contributed by atoms with Crippen molar-refractivity contribution in [3.05, 3.63) is 96.8 Å². The van der Waals surface area contributed by atoms with Gasteiger partial charge >= 0.3 is 5.97 Å². The van der Waals surface area contributed by atoms with Crippen LogP contribution in [0, 0.1) is 0 Å². The summed E-state index contributed by atoms with van der Waals surface area (Å²) in [5, 5.41) is 13.9. The van der Waals surface area contributed by atoms with Crippen molar-refractivity contribution < 1.29 is 19.4 Å². The lowest BCUT2D eigenvalue weighted by atomic mass is 9.98. The first-order valence-electron chi connectivity index (χ1n) is 11.1. The minimum Gasteiger partial charge on any atom is -0.497 e. The Labute approximate surface area is 206 Å². The van der Waals surface area contributed by atoms with E-state index in [2.05, 4.69) is 10.1 Å². The van der Waals surface area contributed by atoms with E-state index in [1.165, 1.54) is 6.33 Å². The number of hydrogen-bond donors (Lipinski definition) is 2. The zero-order chi connectivity index (χ0) is 25.1. The zero-order valence-electron chi connectivity index (χ0n) is 19.3. The van der Waals surface area contributed by atoms with Crippen molar-refractivity contribution >= 4 is 23.4 Å². The van der Waals surface area contributed by atoms with Crippen LogP contribution in [0.1, 0.15) is 5.56 Å². The van der Waals surface area contributed by atoms with Crippen LogP contribution in [-0.4, -0.2) is 32.8 Å². The Morgan fingerprint density at radius 1 is 0.944 bits per heavy atom. The van der Waals surface area contributed by atoms with E-state index in [4.69, 9.17) is 15.2 Å². The van der Waals surface area contributed by atoms with Crippen LogP contribution in [-0.2, 0) is 4.79 Å². The molecule has 2 aromatic heterocycles. The zero-order valence-corrected chi connectivity index (χ0v) is 19.3. The number of carboxylic acids is 1. The summed E-state index contributed by atoms with van der Waals surface area (Å²) in [6, 6.07) is 24.4. The summed E-state index contributed by atoms with van der Waals surface area (Å²) in [5.74, 6) is 1.24. The molecule has 3 N–H and O–H groups in total. The Bertz CT molecular complexity index is 1580. The number of carbonyl (C=O) groups is 1. The highest BCUT2D eigenvalue weighted by Gasteiger charge is 2.23. The SMILES string of the molecule is COc1cccc(-c2c(C=CC(=O)O)c(-c3ccc(Oc4ccccc4)cc3)c3c(N)ncnn23)c1. The molecule has 0 aliphatic carbocycles. The number of para-hydroxylation sites is 1. The van der Waals surface area contributed by atoms with E-state index >= 15 is 0 Å². The van der Waals surface area contributed by atoms with E-state index in [9.17, 15) is 9.90 Å². The van der Waals surface area contributed by atoms with Gasteiger partial charge in [-0.05, 0) is 48.0 Å². The Hall–Kier alpha value is -5.11. The first-order valence-corrected chi connectivity index (χ1v) is 11.1. The van der Waals surface area contributed by atoms with Gasteiger partial charge < -0.3 is 20.3 Å². The van der Waals surface area contributed by atoms with Gasteiger partial charge in [0.25, 0.3) is 0 Å². The first kappa shape index (κ1) is 22.7. The van der Waals surface area contributed by atoms with E-state index in [1.54, 1.807) is 17.7 Å². The molecule has 0 amide bonds. The molecule has 5 rings (SSSR count). The van der Waals surface area contributed by atoms with Crippen molar-refractivity contribution in [1.29, 1.82) is 0 Å². The Morgan fingerprint density at radius 3 is 2.39 bits per heavy atom. The number of nitrogens with two attached hydrogens (primary N) is 1. The number of nitrogen functional groups attached to an aromatic ring is 1. The van der Waals surface area contributed by atoms with Gasteiger partial charge in [-0.3, -0.25) is 0 Å². The second-order valence-corrected chi connectivity index (χ2v) is 7.89. The second kappa shape index (κ2) is 9.63. The molecule has 0 aliphatic heterocycles. The summed E-state index contributed by atoms with van der Waals surface area (Å²) in [4.78, 5) is 15.7. The number of aromatic nitrogens is 3. The molecule has 0 aliphatic rings. The van der Waals surface area contributed by atoms with Crippen molar-refractivity contribution in [1.82, 2.24) is 14.6 Å². The molecule has 3 aromatic carbocycles. The summed E-state index contributed by atoms with van der Waals surface area (Å²) >= 11 is 0. The average Bonchev–Trinajstić information content (AvgIpc) is 3.24. The number of rotatable bonds is 7. The molecular weight excluding hydrogens is 456 g/mol. The second-order valence-electron chi connectivity index (χ2n) is 7.89. The number of nitrogens with zero attached hydrogens (tertiary/aromatic N) is 3. The molecule has 0 unspecified atom stereocenters. The van der Waals surface area contributed by atoms with Gasteiger partial charge in [0, 0.05) is 22.8 Å². The molecule has 0 bridgehead atoms. The first-order chi connectivity index (χ1) is 17.5. The largest absolute Gasteiger partial charge is 0.497 e. The maximum atomic E-state index is 11.5. The number of ether oxygens (including phenoxy) is 2. The van der Waals surface area contributed by atoms with E-state index in [-0.39, 0.29) is 5.82 Å². The van der Waals surface area contributed by atoms with E-state index in [0.717, 1.165) is 23.0 Å². The summed E-state index contributed by atoms with van der Waals surface area (Å²) in [6.45, 7) is 0. The molecule has 0 fully saturated rings. The van der Waals surface area contributed by atoms with Crippen LogP contribution in [0.15, 0.2) is 91.3 Å². The maximum absolute atomic E-state index is 11.5. The molecule has 178 valence electrons. The Morgan fingerprint density at radius 2 is 1.67 bits per heavy atom. The Balaban J connectivity index is 1.73. The average molecular weight is 479 g/mol. The van der Waals surface area contributed by atoms with Gasteiger partial charge in [-0.2, -0.15) is 5.10 Å². The highest BCUT2D eigenvalue weighted by Crippen LogP contribution is 2.41. The smallest absolute Gasteiger partial charge is 0.328 e. The lowest BCUT2D eigenvalue weighted by Gasteiger charge is -2.08. The van der Waals surface area contributed by atoms with E-state index < -0.39 is 5.97 Å². The highest BCUT2D eigenvalue weighted by molar-refractivity contribution is 6.01. The van der Waals surface area contributed by atoms with Gasteiger partial charge in [0.2, 0.25) is 0 Å². The molecule has 8 heteroatoms. The molecule has 0 saturated heterocycles. The standard InChI is InChI=1S/C28H22N4O4/c1-35-22-9-5-6-19(16-22)26-23(14-15-24(33)34)25(27-28(29)30-17-31-32(26)27)18-10-12-21(13-11-18)36-20-7-3-2-4-8-20/h2-17H,1H3,(H,33,34)(H2,29,30,31). The fourth-order valence-corrected chi connectivity index (χ4v) is 4.10. The van der Waals surface area contributed by atoms with Crippen LogP contribution in [0.4, 0.5) is 5.82 Å². The minimum absolute atomic E-state index is 0.267. The molecule has 8 nitrogen and oxygen atoms in total. The van der Waals surface area contributed by atoms with Crippen molar-refractivity contribution in [2.75, 3.05) is 12.8 Å². The number of aliphatic carboxylic acids is 1. The predicted molar refractivity (Wildman–Crippen MR) is 138 cm³/mol. The quantitative estimate of drug-likeness (QED) is 0.295. The molecule has 2 heterocycles. The predicted octanol–water partition coefficient (Wildman–Crippen LogP) is 5.54. The number of benzene rings is 3. The molecule has 36 heavy (non-hydrogen) atoms. The van der Waals surface area contributed by atoms with Crippen LogP contribution in [0.5, 0.6) is 17.2 Å². The van der Waals surface area contributed by atoms with Crippen LogP contribution in [0.3, 0.4) is 0 Å². The van der Waals surface area contributed by atoms with Gasteiger partial charge in [0.1, 0.15) is 29.1 Å². The summed E-state index contributed by atoms with van der Waals surface area (Å²) in [7, 11) is 1.59. The molecule has 0 saturated carbocycles. The van der Waals surface area contributed by atoms with Crippen LogP contribution >= 0.6 is 0 Å². The summed E-state index contributed by atoms with van der Waals surface area (Å²) in [5.41, 5.74) is 10.5. The maximum Gasteiger partial charge on any atom is 0.328 e. The normalized spacial score (nSPS) is 11.1. The topological polar surface area (TPSA) is 112 Å². The fraction of sp³-hybridized carbons (Fsp3) is 0.0357. The third-order valence-corrected chi connectivity index (χ3v) is 5.65. The van der Waals surface area contributed by atoms with Crippen LogP contribution in [0.25, 0.3) is 34.0 Å². The number of methoxy groups -OCH3 is 1. The molecule has 0 radical (unpaired) electrons. The summed E-state index contributed by atoms with van der Waals surface area (Å²) < 4.78 is 13.0. The number of anilines is 1. The van der Waals surface area contributed by atoms with Gasteiger partial charge in [0.05, 0.1) is 12.8 Å². The molecule has 5 aromatic rings. The highest BCUT2D eigenvalue weighted by atomic mass is 16.5. The van der Waals surface area contributed by atoms with Gasteiger partial charge in [-0.1, -0.05) is 42.5 Å². The van der Waals surface area contributed by atoms with Crippen molar-refractivity contribution in [3.8, 4) is 39.6 Å². The molecule has 0 atom stereocenters. The van der Waals surface area contributed by atoms with Gasteiger partial charge in [-0.25, -0.2) is 14.3 Å². The summed E-state index contributed by atoms with van der Waals surface area (Å²) in [6.07, 6.45) is 4.02. The lowest BCUT2D eigenvalue weighted by molar-refractivity contribution is -0.131. The van der Waals surface area contributed by atoms with Crippen LogP contribution < -0.4 is 15.2 Å². The van der Waals surface area contributed by atoms with Crippen molar-refractivity contribution in [3.63, 3.8) is 0 Å².